The van der Waals surface area contributed by atoms with Crippen LogP contribution in [0.2, 0.25) is 15.1 Å². The fraction of sp³-hybridized carbons (Fsp3) is 0.100. The van der Waals surface area contributed by atoms with Gasteiger partial charge in [-0.2, -0.15) is 0 Å². The van der Waals surface area contributed by atoms with E-state index < -0.39 is 0 Å². The van der Waals surface area contributed by atoms with Crippen molar-refractivity contribution < 1.29 is 14.2 Å². The first-order valence-corrected chi connectivity index (χ1v) is 10.6. The van der Waals surface area contributed by atoms with Gasteiger partial charge in [0, 0.05) is 22.8 Å². The van der Waals surface area contributed by atoms with Gasteiger partial charge in [0.05, 0.1) is 15.7 Å². The van der Waals surface area contributed by atoms with Gasteiger partial charge in [0.25, 0.3) is 0 Å². The van der Waals surface area contributed by atoms with Crippen LogP contribution >= 0.6 is 46.6 Å². The molecule has 2 atom stereocenters. The molecule has 4 nitrogen and oxygen atoms in total. The van der Waals surface area contributed by atoms with Gasteiger partial charge in [-0.05, 0) is 42.5 Å². The molecule has 1 aliphatic heterocycles. The fourth-order valence-electron chi connectivity index (χ4n) is 2.61. The van der Waals surface area contributed by atoms with E-state index in [2.05, 4.69) is 10.6 Å². The Labute approximate surface area is 185 Å². The van der Waals surface area contributed by atoms with Gasteiger partial charge >= 0.3 is 0 Å². The number of hydrogen-bond donors (Lipinski definition) is 3. The Bertz CT molecular complexity index is 1050. The van der Waals surface area contributed by atoms with Crippen LogP contribution in [-0.2, 0) is 0 Å². The largest absolute Gasteiger partial charge is 0.504 e. The molecule has 3 N–H and O–H groups in total. The molecule has 0 bridgehead atoms. The highest BCUT2D eigenvalue weighted by Crippen LogP contribution is 2.45. The lowest BCUT2D eigenvalue weighted by molar-refractivity contribution is 0.411. The molecule has 1 aliphatic rings. The first-order valence-electron chi connectivity index (χ1n) is 8.48. The van der Waals surface area contributed by atoms with Crippen molar-refractivity contribution in [2.24, 2.45) is 0 Å². The van der Waals surface area contributed by atoms with Crippen LogP contribution in [-0.4, -0.2) is 15.9 Å². The zero-order chi connectivity index (χ0) is 20.5. The maximum atomic E-state index is 13.0. The van der Waals surface area contributed by atoms with Crippen molar-refractivity contribution in [2.45, 2.75) is 10.7 Å². The average Bonchev–Trinajstić information content (AvgIpc) is 3.40. The van der Waals surface area contributed by atoms with Gasteiger partial charge < -0.3 is 20.5 Å². The quantitative estimate of drug-likeness (QED) is 0.262. The minimum Gasteiger partial charge on any atom is -0.504 e. The molecular formula is C20H14Cl3FN2O2S. The number of rotatable bonds is 6. The van der Waals surface area contributed by atoms with Crippen molar-refractivity contribution in [3.8, 4) is 17.2 Å². The number of phenolic OH excluding ortho intramolecular Hbond substituents is 1. The molecule has 4 rings (SSSR count). The van der Waals surface area contributed by atoms with Crippen molar-refractivity contribution in [1.29, 1.82) is 0 Å². The van der Waals surface area contributed by atoms with Crippen molar-refractivity contribution >= 4 is 57.9 Å². The van der Waals surface area contributed by atoms with Crippen molar-refractivity contribution in [1.82, 2.24) is 0 Å². The molecule has 1 fully saturated rings. The molecule has 9 heteroatoms. The smallest absolute Gasteiger partial charge is 0.171 e. The number of anilines is 2. The summed E-state index contributed by atoms with van der Waals surface area (Å²) >= 11 is 19.9. The summed E-state index contributed by atoms with van der Waals surface area (Å²) in [5.41, 5.74) is 1.43. The molecule has 0 amide bonds. The van der Waals surface area contributed by atoms with Crippen LogP contribution in [0.3, 0.4) is 0 Å². The molecule has 0 saturated carbocycles. The van der Waals surface area contributed by atoms with Gasteiger partial charge in [0.1, 0.15) is 22.3 Å². The molecule has 0 radical (unpaired) electrons. The van der Waals surface area contributed by atoms with E-state index in [0.29, 0.717) is 26.5 Å². The summed E-state index contributed by atoms with van der Waals surface area (Å²) in [5.74, 6) is 0.167. The first kappa shape index (κ1) is 20.3. The number of phenols is 1. The summed E-state index contributed by atoms with van der Waals surface area (Å²) in [6, 6.07) is 14.0. The summed E-state index contributed by atoms with van der Waals surface area (Å²) in [7, 11) is 0. The second-order valence-corrected chi connectivity index (χ2v) is 8.79. The molecule has 2 unspecified atom stereocenters. The van der Waals surface area contributed by atoms with Gasteiger partial charge in [-0.15, -0.1) is 11.8 Å². The summed E-state index contributed by atoms with van der Waals surface area (Å²) in [6.07, 6.45) is 0. The lowest BCUT2D eigenvalue weighted by Gasteiger charge is -2.13. The monoisotopic (exact) mass is 470 g/mol. The summed E-state index contributed by atoms with van der Waals surface area (Å²) < 4.78 is 18.7. The Morgan fingerprint density at radius 1 is 0.862 bits per heavy atom. The summed E-state index contributed by atoms with van der Waals surface area (Å²) in [6.45, 7) is 0. The maximum absolute atomic E-state index is 13.0. The van der Waals surface area contributed by atoms with E-state index in [0.717, 1.165) is 5.69 Å². The summed E-state index contributed by atoms with van der Waals surface area (Å²) in [4.78, 5) is 0. The number of aromatic hydroxyl groups is 1. The zero-order valence-electron chi connectivity index (χ0n) is 14.6. The van der Waals surface area contributed by atoms with E-state index in [9.17, 15) is 9.50 Å². The van der Waals surface area contributed by atoms with Crippen LogP contribution in [0.15, 0.2) is 54.6 Å². The Kier molecular flexibility index (Phi) is 5.88. The Morgan fingerprint density at radius 3 is 2.31 bits per heavy atom. The number of thioether (sulfide) groups is 1. The molecule has 150 valence electrons. The predicted octanol–water partition coefficient (Wildman–Crippen LogP) is 7.21. The third-order valence-electron chi connectivity index (χ3n) is 4.10. The van der Waals surface area contributed by atoms with Crippen molar-refractivity contribution in [2.75, 3.05) is 10.6 Å². The first-order chi connectivity index (χ1) is 13.9. The zero-order valence-corrected chi connectivity index (χ0v) is 17.7. The number of halogens is 4. The highest BCUT2D eigenvalue weighted by Gasteiger charge is 2.39. The van der Waals surface area contributed by atoms with Crippen LogP contribution in [0, 0.1) is 5.82 Å². The second kappa shape index (κ2) is 8.40. The average molecular weight is 472 g/mol. The third-order valence-corrected chi connectivity index (χ3v) is 6.00. The number of nitrogens with one attached hydrogen (secondary N) is 2. The van der Waals surface area contributed by atoms with Crippen LogP contribution in [0.25, 0.3) is 0 Å². The Balaban J connectivity index is 1.45. The summed E-state index contributed by atoms with van der Waals surface area (Å²) in [5, 5.41) is 18.1. The molecule has 1 heterocycles. The SMILES string of the molecule is Oc1cc(Cl)c(NC2SC2Nc2ccc(F)cc2)cc1Oc1ccc(Cl)cc1Cl. The molecular weight excluding hydrogens is 458 g/mol. The maximum Gasteiger partial charge on any atom is 0.171 e. The third kappa shape index (κ3) is 4.95. The normalized spacial score (nSPS) is 17.7. The van der Waals surface area contributed by atoms with Crippen LogP contribution in [0.1, 0.15) is 0 Å². The van der Waals surface area contributed by atoms with Gasteiger partial charge in [0.2, 0.25) is 0 Å². The molecule has 0 aromatic heterocycles. The molecule has 0 aliphatic carbocycles. The Morgan fingerprint density at radius 2 is 1.59 bits per heavy atom. The minimum atomic E-state index is -0.280. The molecule has 1 saturated heterocycles. The van der Waals surface area contributed by atoms with E-state index in [4.69, 9.17) is 39.5 Å². The lowest BCUT2D eigenvalue weighted by atomic mass is 10.2. The molecule has 3 aromatic rings. The van der Waals surface area contributed by atoms with Crippen LogP contribution < -0.4 is 15.4 Å². The van der Waals surface area contributed by atoms with Crippen molar-refractivity contribution in [3.05, 3.63) is 75.5 Å². The van der Waals surface area contributed by atoms with Crippen molar-refractivity contribution in [3.63, 3.8) is 0 Å². The highest BCUT2D eigenvalue weighted by molar-refractivity contribution is 8.07. The van der Waals surface area contributed by atoms with Gasteiger partial charge in [-0.3, -0.25) is 0 Å². The Hall–Kier alpha value is -1.99. The second-order valence-electron chi connectivity index (χ2n) is 6.25. The fourth-order valence-corrected chi connectivity index (χ4v) is 4.03. The van der Waals surface area contributed by atoms with E-state index in [1.54, 1.807) is 48.2 Å². The van der Waals surface area contributed by atoms with E-state index in [1.807, 2.05) is 0 Å². The van der Waals surface area contributed by atoms with Crippen LogP contribution in [0.5, 0.6) is 17.2 Å². The topological polar surface area (TPSA) is 53.5 Å². The molecule has 3 aromatic carbocycles. The van der Waals surface area contributed by atoms with E-state index in [-0.39, 0.29) is 28.1 Å². The van der Waals surface area contributed by atoms with E-state index in [1.165, 1.54) is 18.2 Å². The minimum absolute atomic E-state index is 0.0501. The standard InChI is InChI=1S/C20H14Cl3FN2O2S/c21-10-1-6-17(14(23)7-10)28-18-9-15(13(22)8-16(18)27)26-20-19(29-20)25-12-4-2-11(24)3-5-12/h1-9,19-20,25-27H. The molecule has 29 heavy (non-hydrogen) atoms. The van der Waals surface area contributed by atoms with E-state index >= 15 is 0 Å². The number of benzene rings is 3. The molecule has 0 spiro atoms. The number of ether oxygens (including phenoxy) is 1. The van der Waals surface area contributed by atoms with Gasteiger partial charge in [-0.1, -0.05) is 34.8 Å². The lowest BCUT2D eigenvalue weighted by Crippen LogP contribution is -2.13. The van der Waals surface area contributed by atoms with Crippen LogP contribution in [0.4, 0.5) is 15.8 Å². The number of hydrogen-bond acceptors (Lipinski definition) is 5. The highest BCUT2D eigenvalue weighted by atomic mass is 35.5. The predicted molar refractivity (Wildman–Crippen MR) is 118 cm³/mol. The van der Waals surface area contributed by atoms with Gasteiger partial charge in [0.15, 0.2) is 11.5 Å². The van der Waals surface area contributed by atoms with Gasteiger partial charge in [-0.25, -0.2) is 4.39 Å².